The standard InChI is InChI=1S/C12H16N4O2/c1-9(8-18-2)5-14-12(17)10-6-15-16-4-3-13-7-11(10)16/h3-4,6-7,9H,5,8H2,1-2H3,(H,14,17). The molecule has 0 aromatic carbocycles. The summed E-state index contributed by atoms with van der Waals surface area (Å²) in [5, 5.41) is 6.96. The van der Waals surface area contributed by atoms with Crippen molar-refractivity contribution in [3.63, 3.8) is 0 Å². The van der Waals surface area contributed by atoms with Gasteiger partial charge >= 0.3 is 0 Å². The Kier molecular flexibility index (Phi) is 3.88. The fourth-order valence-electron chi connectivity index (χ4n) is 1.71. The molecule has 0 spiro atoms. The predicted octanol–water partition coefficient (Wildman–Crippen LogP) is 0.742. The van der Waals surface area contributed by atoms with Gasteiger partial charge in [-0.2, -0.15) is 5.10 Å². The number of amides is 1. The molecule has 0 aliphatic rings. The van der Waals surface area contributed by atoms with E-state index in [1.165, 1.54) is 0 Å². The van der Waals surface area contributed by atoms with E-state index in [9.17, 15) is 4.79 Å². The van der Waals surface area contributed by atoms with E-state index in [1.807, 2.05) is 6.92 Å². The van der Waals surface area contributed by atoms with Crippen LogP contribution in [0.5, 0.6) is 0 Å². The molecule has 1 N–H and O–H groups in total. The maximum absolute atomic E-state index is 12.0. The number of methoxy groups -OCH3 is 1. The first-order valence-corrected chi connectivity index (χ1v) is 5.77. The number of hydrogen-bond acceptors (Lipinski definition) is 4. The Bertz CT molecular complexity index is 538. The van der Waals surface area contributed by atoms with E-state index in [-0.39, 0.29) is 11.8 Å². The summed E-state index contributed by atoms with van der Waals surface area (Å²) in [5.41, 5.74) is 1.24. The number of nitrogens with zero attached hydrogens (tertiary/aromatic N) is 3. The zero-order valence-corrected chi connectivity index (χ0v) is 10.5. The van der Waals surface area contributed by atoms with Gasteiger partial charge in [-0.15, -0.1) is 0 Å². The summed E-state index contributed by atoms with van der Waals surface area (Å²) in [5.74, 6) is 0.139. The first-order chi connectivity index (χ1) is 8.72. The summed E-state index contributed by atoms with van der Waals surface area (Å²) in [7, 11) is 1.65. The highest BCUT2D eigenvalue weighted by Crippen LogP contribution is 2.08. The lowest BCUT2D eigenvalue weighted by atomic mass is 10.2. The van der Waals surface area contributed by atoms with Gasteiger partial charge in [0.1, 0.15) is 0 Å². The maximum Gasteiger partial charge on any atom is 0.255 e. The lowest BCUT2D eigenvalue weighted by molar-refractivity contribution is 0.0935. The van der Waals surface area contributed by atoms with Crippen LogP contribution in [0, 0.1) is 5.92 Å². The molecule has 2 heterocycles. The number of ether oxygens (including phenoxy) is 1. The van der Waals surface area contributed by atoms with Crippen molar-refractivity contribution in [1.29, 1.82) is 0 Å². The van der Waals surface area contributed by atoms with Crippen molar-refractivity contribution in [2.24, 2.45) is 5.92 Å². The second-order valence-corrected chi connectivity index (χ2v) is 4.23. The summed E-state index contributed by atoms with van der Waals surface area (Å²) < 4.78 is 6.64. The van der Waals surface area contributed by atoms with Crippen LogP contribution < -0.4 is 5.32 Å². The Hall–Kier alpha value is -1.95. The second kappa shape index (κ2) is 5.59. The summed E-state index contributed by atoms with van der Waals surface area (Å²) in [6.07, 6.45) is 6.51. The number of carbonyl (C=O) groups excluding carboxylic acids is 1. The predicted molar refractivity (Wildman–Crippen MR) is 66.4 cm³/mol. The monoisotopic (exact) mass is 248 g/mol. The minimum atomic E-state index is -0.138. The van der Waals surface area contributed by atoms with Gasteiger partial charge in [0.15, 0.2) is 0 Å². The van der Waals surface area contributed by atoms with Gasteiger partial charge in [0, 0.05) is 26.0 Å². The zero-order valence-electron chi connectivity index (χ0n) is 10.5. The number of fused-ring (bicyclic) bond motifs is 1. The lowest BCUT2D eigenvalue weighted by Gasteiger charge is -2.10. The molecule has 6 heteroatoms. The number of hydrogen-bond donors (Lipinski definition) is 1. The largest absolute Gasteiger partial charge is 0.384 e. The summed E-state index contributed by atoms with van der Waals surface area (Å²) in [6.45, 7) is 3.21. The first kappa shape index (κ1) is 12.5. The molecular weight excluding hydrogens is 232 g/mol. The van der Waals surface area contributed by atoms with E-state index in [4.69, 9.17) is 4.74 Å². The molecule has 1 unspecified atom stereocenters. The van der Waals surface area contributed by atoms with Gasteiger partial charge in [-0.25, -0.2) is 4.52 Å². The zero-order chi connectivity index (χ0) is 13.0. The molecule has 96 valence electrons. The summed E-state index contributed by atoms with van der Waals surface area (Å²) in [6, 6.07) is 0. The van der Waals surface area contributed by atoms with Gasteiger partial charge in [-0.3, -0.25) is 9.78 Å². The Morgan fingerprint density at radius 3 is 3.17 bits per heavy atom. The van der Waals surface area contributed by atoms with E-state index in [0.717, 1.165) is 0 Å². The molecule has 0 fully saturated rings. The van der Waals surface area contributed by atoms with Crippen LogP contribution in [0.4, 0.5) is 0 Å². The Balaban J connectivity index is 2.05. The van der Waals surface area contributed by atoms with Gasteiger partial charge in [-0.1, -0.05) is 6.92 Å². The number of aromatic nitrogens is 3. The fourth-order valence-corrected chi connectivity index (χ4v) is 1.71. The van der Waals surface area contributed by atoms with Crippen LogP contribution in [0.3, 0.4) is 0 Å². The van der Waals surface area contributed by atoms with Gasteiger partial charge in [0.25, 0.3) is 5.91 Å². The van der Waals surface area contributed by atoms with E-state index < -0.39 is 0 Å². The average Bonchev–Trinajstić information content (AvgIpc) is 2.80. The molecule has 2 aromatic heterocycles. The van der Waals surface area contributed by atoms with Crippen molar-refractivity contribution in [2.75, 3.05) is 20.3 Å². The smallest absolute Gasteiger partial charge is 0.255 e. The van der Waals surface area contributed by atoms with E-state index in [1.54, 1.807) is 36.4 Å². The van der Waals surface area contributed by atoms with Crippen molar-refractivity contribution in [2.45, 2.75) is 6.92 Å². The molecule has 18 heavy (non-hydrogen) atoms. The summed E-state index contributed by atoms with van der Waals surface area (Å²) in [4.78, 5) is 16.0. The topological polar surface area (TPSA) is 68.5 Å². The quantitative estimate of drug-likeness (QED) is 0.847. The van der Waals surface area contributed by atoms with E-state index >= 15 is 0 Å². The third-order valence-electron chi connectivity index (χ3n) is 2.63. The van der Waals surface area contributed by atoms with Crippen LogP contribution in [0.1, 0.15) is 17.3 Å². The van der Waals surface area contributed by atoms with Crippen molar-refractivity contribution in [3.8, 4) is 0 Å². The van der Waals surface area contributed by atoms with Crippen LogP contribution in [-0.4, -0.2) is 40.8 Å². The van der Waals surface area contributed by atoms with Crippen molar-refractivity contribution in [3.05, 3.63) is 30.4 Å². The van der Waals surface area contributed by atoms with Crippen LogP contribution in [0.15, 0.2) is 24.8 Å². The van der Waals surface area contributed by atoms with Crippen molar-refractivity contribution >= 4 is 11.4 Å². The Morgan fingerprint density at radius 1 is 1.56 bits per heavy atom. The lowest BCUT2D eigenvalue weighted by Crippen LogP contribution is -2.29. The fraction of sp³-hybridized carbons (Fsp3) is 0.417. The Morgan fingerprint density at radius 2 is 2.39 bits per heavy atom. The average molecular weight is 248 g/mol. The molecule has 0 aliphatic carbocycles. The molecule has 0 saturated carbocycles. The third kappa shape index (κ3) is 2.65. The van der Waals surface area contributed by atoms with Crippen LogP contribution in [0.25, 0.3) is 5.52 Å². The number of carbonyl (C=O) groups is 1. The molecule has 2 rings (SSSR count). The van der Waals surface area contributed by atoms with Crippen molar-refractivity contribution < 1.29 is 9.53 Å². The van der Waals surface area contributed by atoms with Crippen LogP contribution in [-0.2, 0) is 4.74 Å². The summed E-state index contributed by atoms with van der Waals surface area (Å²) >= 11 is 0. The molecular formula is C12H16N4O2. The molecule has 1 amide bonds. The van der Waals surface area contributed by atoms with Gasteiger partial charge in [-0.05, 0) is 5.92 Å². The number of rotatable bonds is 5. The van der Waals surface area contributed by atoms with Gasteiger partial charge < -0.3 is 10.1 Å². The molecule has 0 radical (unpaired) electrons. The molecule has 0 saturated heterocycles. The Labute approximate surface area is 105 Å². The first-order valence-electron chi connectivity index (χ1n) is 5.77. The van der Waals surface area contributed by atoms with E-state index in [0.29, 0.717) is 24.2 Å². The highest BCUT2D eigenvalue weighted by atomic mass is 16.5. The molecule has 6 nitrogen and oxygen atoms in total. The van der Waals surface area contributed by atoms with Gasteiger partial charge in [0.2, 0.25) is 0 Å². The normalized spacial score (nSPS) is 12.6. The van der Waals surface area contributed by atoms with Crippen LogP contribution >= 0.6 is 0 Å². The molecule has 1 atom stereocenters. The molecule has 0 bridgehead atoms. The SMILES string of the molecule is COCC(C)CNC(=O)c1cnn2ccncc12. The number of nitrogens with one attached hydrogen (secondary N) is 1. The maximum atomic E-state index is 12.0. The molecule has 2 aromatic rings. The van der Waals surface area contributed by atoms with E-state index in [2.05, 4.69) is 15.4 Å². The minimum Gasteiger partial charge on any atom is -0.384 e. The van der Waals surface area contributed by atoms with Crippen LogP contribution in [0.2, 0.25) is 0 Å². The second-order valence-electron chi connectivity index (χ2n) is 4.23. The highest BCUT2D eigenvalue weighted by Gasteiger charge is 2.13. The highest BCUT2D eigenvalue weighted by molar-refractivity contribution is 6.00. The minimum absolute atomic E-state index is 0.138. The van der Waals surface area contributed by atoms with Gasteiger partial charge in [0.05, 0.1) is 30.1 Å². The molecule has 0 aliphatic heterocycles. The van der Waals surface area contributed by atoms with Crippen molar-refractivity contribution in [1.82, 2.24) is 19.9 Å². The third-order valence-corrected chi connectivity index (χ3v) is 2.63.